The summed E-state index contributed by atoms with van der Waals surface area (Å²) in [7, 11) is -2.39. The van der Waals surface area contributed by atoms with E-state index in [9.17, 15) is 31.2 Å². The number of carbonyl (C=O) groups is 2. The number of sulfonamides is 1. The molecule has 4 N–H and O–H groups in total. The highest BCUT2D eigenvalue weighted by Gasteiger charge is 2.42. The Bertz CT molecular complexity index is 1680. The van der Waals surface area contributed by atoms with E-state index in [2.05, 4.69) is 35.4 Å². The van der Waals surface area contributed by atoms with Gasteiger partial charge >= 0.3 is 12.1 Å². The van der Waals surface area contributed by atoms with E-state index in [4.69, 9.17) is 0 Å². The molecule has 0 saturated heterocycles. The van der Waals surface area contributed by atoms with Crippen molar-refractivity contribution in [2.75, 3.05) is 23.0 Å². The first kappa shape index (κ1) is 29.0. The van der Waals surface area contributed by atoms with E-state index in [1.807, 2.05) is 0 Å². The second-order valence-electron chi connectivity index (χ2n) is 8.19. The largest absolute Gasteiger partial charge is 0.491 e. The number of rotatable bonds is 9. The Labute approximate surface area is 231 Å². The summed E-state index contributed by atoms with van der Waals surface area (Å²) < 4.78 is 69.7. The van der Waals surface area contributed by atoms with Crippen LogP contribution in [0.3, 0.4) is 0 Å². The van der Waals surface area contributed by atoms with Crippen LogP contribution in [-0.2, 0) is 14.8 Å². The molecule has 11 nitrogen and oxygen atoms in total. The van der Waals surface area contributed by atoms with Gasteiger partial charge in [-0.1, -0.05) is 24.3 Å². The van der Waals surface area contributed by atoms with Crippen molar-refractivity contribution in [3.63, 3.8) is 0 Å². The van der Waals surface area contributed by atoms with Gasteiger partial charge in [-0.3, -0.25) is 4.79 Å². The lowest BCUT2D eigenvalue weighted by Gasteiger charge is -2.14. The molecule has 0 saturated carbocycles. The summed E-state index contributed by atoms with van der Waals surface area (Å²) in [4.78, 5) is 32.5. The number of nitrogens with zero attached hydrogens (tertiary/aromatic N) is 2. The first-order valence-electron chi connectivity index (χ1n) is 11.6. The van der Waals surface area contributed by atoms with E-state index in [0.717, 1.165) is 6.07 Å². The second-order valence-corrected chi connectivity index (χ2v) is 10.1. The lowest BCUT2D eigenvalue weighted by molar-refractivity contribution is -0.189. The molecule has 0 atom stereocenters. The highest BCUT2D eigenvalue weighted by Crippen LogP contribution is 2.29. The molecule has 0 spiro atoms. The summed E-state index contributed by atoms with van der Waals surface area (Å²) in [6.07, 6.45) is -4.11. The quantitative estimate of drug-likeness (QED) is 0.163. The molecule has 1 aromatic heterocycles. The minimum atomic E-state index is -5.30. The van der Waals surface area contributed by atoms with Gasteiger partial charge in [0.15, 0.2) is 0 Å². The Hall–Kier alpha value is -5.02. The van der Waals surface area contributed by atoms with Gasteiger partial charge in [-0.05, 0) is 49.5 Å². The van der Waals surface area contributed by atoms with Crippen molar-refractivity contribution in [1.29, 1.82) is 0 Å². The Balaban J connectivity index is 1.58. The van der Waals surface area contributed by atoms with Crippen molar-refractivity contribution in [3.8, 4) is 5.75 Å². The molecular weight excluding hydrogens is 565 g/mol. The van der Waals surface area contributed by atoms with E-state index in [1.54, 1.807) is 36.4 Å². The number of amides is 1. The number of esters is 1. The van der Waals surface area contributed by atoms with Gasteiger partial charge in [0.2, 0.25) is 10.0 Å². The Morgan fingerprint density at radius 1 is 0.805 bits per heavy atom. The van der Waals surface area contributed by atoms with Gasteiger partial charge in [0.05, 0.1) is 10.5 Å². The molecular formula is C26H21F3N6O5S. The molecule has 0 aliphatic heterocycles. The van der Waals surface area contributed by atoms with Gasteiger partial charge in [-0.2, -0.15) is 13.2 Å². The van der Waals surface area contributed by atoms with Crippen molar-refractivity contribution in [1.82, 2.24) is 14.7 Å². The number of hydrogen-bond donors (Lipinski definition) is 4. The molecule has 0 aliphatic carbocycles. The van der Waals surface area contributed by atoms with Crippen molar-refractivity contribution < 1.29 is 35.9 Å². The van der Waals surface area contributed by atoms with Gasteiger partial charge in [0.1, 0.15) is 23.7 Å². The van der Waals surface area contributed by atoms with Crippen LogP contribution in [-0.4, -0.2) is 43.5 Å². The molecule has 1 heterocycles. The summed E-state index contributed by atoms with van der Waals surface area (Å²) in [6.45, 7) is 0. The number of nitrogens with one attached hydrogen (secondary N) is 4. The molecule has 0 aliphatic rings. The fourth-order valence-corrected chi connectivity index (χ4v) is 4.17. The van der Waals surface area contributed by atoms with Crippen LogP contribution in [0.4, 0.5) is 41.9 Å². The summed E-state index contributed by atoms with van der Waals surface area (Å²) in [5, 5.41) is 8.30. The fraction of sp³-hybridized carbons (Fsp3) is 0.0769. The van der Waals surface area contributed by atoms with Crippen LogP contribution in [0.2, 0.25) is 0 Å². The number of ether oxygens (including phenoxy) is 1. The fourth-order valence-electron chi connectivity index (χ4n) is 3.40. The number of benzene rings is 3. The van der Waals surface area contributed by atoms with Crippen molar-refractivity contribution in [3.05, 3.63) is 90.8 Å². The molecule has 0 fully saturated rings. The van der Waals surface area contributed by atoms with E-state index in [1.165, 1.54) is 49.8 Å². The van der Waals surface area contributed by atoms with Crippen molar-refractivity contribution in [2.24, 2.45) is 0 Å². The summed E-state index contributed by atoms with van der Waals surface area (Å²) in [6, 6.07) is 19.2. The number of halogens is 3. The van der Waals surface area contributed by atoms with E-state index in [0.29, 0.717) is 11.4 Å². The smallest absolute Gasteiger partial charge is 0.419 e. The third-order valence-corrected chi connectivity index (χ3v) is 6.73. The average molecular weight is 587 g/mol. The molecule has 4 aromatic rings. The van der Waals surface area contributed by atoms with Crippen LogP contribution in [0.5, 0.6) is 5.75 Å². The first-order chi connectivity index (χ1) is 19.4. The summed E-state index contributed by atoms with van der Waals surface area (Å²) in [5.74, 6) is -3.51. The predicted molar refractivity (Wildman–Crippen MR) is 144 cm³/mol. The average Bonchev–Trinajstić information content (AvgIpc) is 2.93. The molecule has 0 bridgehead atoms. The monoisotopic (exact) mass is 586 g/mol. The highest BCUT2D eigenvalue weighted by atomic mass is 32.2. The van der Waals surface area contributed by atoms with Gasteiger partial charge in [-0.25, -0.2) is 27.9 Å². The number of carbonyl (C=O) groups excluding carboxylic acids is 2. The van der Waals surface area contributed by atoms with Crippen molar-refractivity contribution >= 4 is 50.6 Å². The highest BCUT2D eigenvalue weighted by molar-refractivity contribution is 7.89. The van der Waals surface area contributed by atoms with Crippen LogP contribution in [0, 0.1) is 0 Å². The maximum atomic E-state index is 12.9. The number of para-hydroxylation sites is 1. The summed E-state index contributed by atoms with van der Waals surface area (Å²) >= 11 is 0. The van der Waals surface area contributed by atoms with Gasteiger partial charge in [-0.15, -0.1) is 0 Å². The van der Waals surface area contributed by atoms with Crippen LogP contribution in [0.25, 0.3) is 0 Å². The Morgan fingerprint density at radius 3 is 2.07 bits per heavy atom. The van der Waals surface area contributed by atoms with E-state index in [-0.39, 0.29) is 27.8 Å². The standard InChI is InChI=1S/C26H21F3N6O5S/c1-30-41(38,39)19-9-5-8-17(12-19)33-22-14-23(32-15-31-22)34-18-10-11-20(21(13-18)40-25(37)26(27,28)29)24(36)35-16-6-3-2-4-7-16/h2-15,30H,1H3,(H,35,36)(H2,31,32,33,34). The number of aromatic nitrogens is 2. The van der Waals surface area contributed by atoms with Gasteiger partial charge < -0.3 is 20.7 Å². The Morgan fingerprint density at radius 2 is 1.44 bits per heavy atom. The number of hydrogen-bond acceptors (Lipinski definition) is 9. The van der Waals surface area contributed by atoms with E-state index >= 15 is 0 Å². The molecule has 212 valence electrons. The second kappa shape index (κ2) is 12.0. The molecule has 4 rings (SSSR count). The number of anilines is 5. The maximum absolute atomic E-state index is 12.9. The topological polar surface area (TPSA) is 151 Å². The third-order valence-electron chi connectivity index (χ3n) is 5.32. The lowest BCUT2D eigenvalue weighted by atomic mass is 10.1. The molecule has 0 radical (unpaired) electrons. The van der Waals surface area contributed by atoms with Crippen LogP contribution < -0.4 is 25.4 Å². The Kier molecular flexibility index (Phi) is 8.49. The zero-order valence-electron chi connectivity index (χ0n) is 21.1. The maximum Gasteiger partial charge on any atom is 0.491 e. The predicted octanol–water partition coefficient (Wildman–Crippen LogP) is 4.59. The van der Waals surface area contributed by atoms with Gasteiger partial charge in [0.25, 0.3) is 5.91 Å². The molecule has 41 heavy (non-hydrogen) atoms. The molecule has 3 aromatic carbocycles. The molecule has 0 unspecified atom stereocenters. The van der Waals surface area contributed by atoms with Gasteiger partial charge in [0, 0.05) is 29.2 Å². The lowest BCUT2D eigenvalue weighted by Crippen LogP contribution is -2.29. The van der Waals surface area contributed by atoms with Crippen molar-refractivity contribution in [2.45, 2.75) is 11.1 Å². The minimum Gasteiger partial charge on any atom is -0.419 e. The van der Waals surface area contributed by atoms with Crippen LogP contribution in [0.1, 0.15) is 10.4 Å². The minimum absolute atomic E-state index is 0.0229. The van der Waals surface area contributed by atoms with E-state index < -0.39 is 33.8 Å². The molecule has 1 amide bonds. The summed E-state index contributed by atoms with van der Waals surface area (Å²) in [5.41, 5.74) is 0.598. The third kappa shape index (κ3) is 7.55. The zero-order chi connectivity index (χ0) is 29.6. The van der Waals surface area contributed by atoms with Crippen LogP contribution in [0.15, 0.2) is 90.1 Å². The molecule has 15 heteroatoms. The van der Waals surface area contributed by atoms with Crippen LogP contribution >= 0.6 is 0 Å². The SMILES string of the molecule is CNS(=O)(=O)c1cccc(Nc2cc(Nc3ccc(C(=O)Nc4ccccc4)c(OC(=O)C(F)(F)F)c3)ncn2)c1. The first-order valence-corrected chi connectivity index (χ1v) is 13.1. The normalized spacial score (nSPS) is 11.4. The number of alkyl halides is 3. The zero-order valence-corrected chi connectivity index (χ0v) is 21.9.